The molecule has 1 aliphatic rings. The van der Waals surface area contributed by atoms with Crippen molar-refractivity contribution in [2.24, 2.45) is 7.05 Å². The Kier molecular flexibility index (Phi) is 3.98. The van der Waals surface area contributed by atoms with Crippen LogP contribution in [0, 0.1) is 0 Å². The highest BCUT2D eigenvalue weighted by atomic mass is 32.2. The molecule has 1 N–H and O–H groups in total. The van der Waals surface area contributed by atoms with E-state index in [1.807, 2.05) is 54.1 Å². The fourth-order valence-corrected chi connectivity index (χ4v) is 3.52. The van der Waals surface area contributed by atoms with Gasteiger partial charge in [0.2, 0.25) is 5.91 Å². The van der Waals surface area contributed by atoms with Crippen molar-refractivity contribution >= 4 is 34.1 Å². The molecule has 4 rings (SSSR count). The molecule has 6 heteroatoms. The van der Waals surface area contributed by atoms with Crippen LogP contribution in [0.1, 0.15) is 24.6 Å². The summed E-state index contributed by atoms with van der Waals surface area (Å²) in [6, 6.07) is 14.0. The minimum Gasteiger partial charge on any atom is -0.325 e. The van der Waals surface area contributed by atoms with Crippen molar-refractivity contribution in [3.8, 4) is 0 Å². The van der Waals surface area contributed by atoms with Crippen LogP contribution in [0.5, 0.6) is 0 Å². The third-order valence-corrected chi connectivity index (χ3v) is 5.23. The number of nitrogens with zero attached hydrogens (tertiary/aromatic N) is 3. The summed E-state index contributed by atoms with van der Waals surface area (Å²) in [5, 5.41) is 14.4. The molecule has 0 atom stereocenters. The topological polar surface area (TPSA) is 59.8 Å². The molecule has 1 aliphatic carbocycles. The third kappa shape index (κ3) is 3.01. The van der Waals surface area contributed by atoms with Crippen LogP contribution in [-0.4, -0.2) is 26.4 Å². The SMILES string of the molecule is Cn1c(SCC(=O)Nc2cccc3ccccc23)nnc1C1CC1. The van der Waals surface area contributed by atoms with E-state index in [1.54, 1.807) is 0 Å². The normalized spacial score (nSPS) is 14.0. The third-order valence-electron chi connectivity index (χ3n) is 4.21. The first-order valence-electron chi connectivity index (χ1n) is 8.02. The molecule has 5 nitrogen and oxygen atoms in total. The largest absolute Gasteiger partial charge is 0.325 e. The Morgan fingerprint density at radius 2 is 2.00 bits per heavy atom. The molecule has 0 aliphatic heterocycles. The summed E-state index contributed by atoms with van der Waals surface area (Å²) >= 11 is 1.42. The zero-order valence-electron chi connectivity index (χ0n) is 13.4. The van der Waals surface area contributed by atoms with Gasteiger partial charge >= 0.3 is 0 Å². The lowest BCUT2D eigenvalue weighted by Gasteiger charge is -2.08. The molecule has 2 aromatic carbocycles. The number of amides is 1. The molecule has 1 fully saturated rings. The fourth-order valence-electron chi connectivity index (χ4n) is 2.80. The number of carbonyl (C=O) groups is 1. The molecule has 3 aromatic rings. The van der Waals surface area contributed by atoms with E-state index in [-0.39, 0.29) is 5.91 Å². The van der Waals surface area contributed by atoms with E-state index in [0.717, 1.165) is 27.4 Å². The number of hydrogen-bond donors (Lipinski definition) is 1. The predicted octanol–water partition coefficient (Wildman–Crippen LogP) is 3.58. The van der Waals surface area contributed by atoms with Gasteiger partial charge in [0, 0.05) is 24.0 Å². The Labute approximate surface area is 144 Å². The first kappa shape index (κ1) is 15.2. The Morgan fingerprint density at radius 1 is 1.21 bits per heavy atom. The van der Waals surface area contributed by atoms with E-state index in [9.17, 15) is 4.79 Å². The maximum Gasteiger partial charge on any atom is 0.234 e. The number of carbonyl (C=O) groups excluding carboxylic acids is 1. The Bertz CT molecular complexity index is 896. The van der Waals surface area contributed by atoms with E-state index in [0.29, 0.717) is 11.7 Å². The highest BCUT2D eigenvalue weighted by molar-refractivity contribution is 7.99. The Hall–Kier alpha value is -2.34. The standard InChI is InChI=1S/C18H18N4OS/c1-22-17(13-9-10-13)20-21-18(22)24-11-16(23)19-15-8-4-6-12-5-2-3-7-14(12)15/h2-8,13H,9-11H2,1H3,(H,19,23). The summed E-state index contributed by atoms with van der Waals surface area (Å²) in [6.07, 6.45) is 2.39. The average molecular weight is 338 g/mol. The van der Waals surface area contributed by atoms with Crippen LogP contribution < -0.4 is 5.32 Å². The number of anilines is 1. The van der Waals surface area contributed by atoms with Gasteiger partial charge in [-0.25, -0.2) is 0 Å². The zero-order chi connectivity index (χ0) is 16.5. The number of aromatic nitrogens is 3. The van der Waals surface area contributed by atoms with Crippen molar-refractivity contribution in [1.82, 2.24) is 14.8 Å². The number of hydrogen-bond acceptors (Lipinski definition) is 4. The number of fused-ring (bicyclic) bond motifs is 1. The quantitative estimate of drug-likeness (QED) is 0.723. The molecule has 1 amide bonds. The van der Waals surface area contributed by atoms with E-state index in [1.165, 1.54) is 24.6 Å². The van der Waals surface area contributed by atoms with Gasteiger partial charge in [-0.05, 0) is 24.3 Å². The lowest BCUT2D eigenvalue weighted by molar-refractivity contribution is -0.113. The minimum absolute atomic E-state index is 0.0349. The van der Waals surface area contributed by atoms with Crippen molar-refractivity contribution < 1.29 is 4.79 Å². The molecular formula is C18H18N4OS. The Balaban J connectivity index is 1.43. The lowest BCUT2D eigenvalue weighted by Crippen LogP contribution is -2.14. The smallest absolute Gasteiger partial charge is 0.234 e. The number of thioether (sulfide) groups is 1. The monoisotopic (exact) mass is 338 g/mol. The van der Waals surface area contributed by atoms with Crippen molar-refractivity contribution in [2.45, 2.75) is 23.9 Å². The highest BCUT2D eigenvalue weighted by Gasteiger charge is 2.29. The van der Waals surface area contributed by atoms with Gasteiger partial charge in [0.25, 0.3) is 0 Å². The van der Waals surface area contributed by atoms with Crippen LogP contribution in [0.3, 0.4) is 0 Å². The van der Waals surface area contributed by atoms with Gasteiger partial charge in [0.1, 0.15) is 5.82 Å². The fraction of sp³-hybridized carbons (Fsp3) is 0.278. The van der Waals surface area contributed by atoms with Gasteiger partial charge in [-0.3, -0.25) is 4.79 Å². The lowest BCUT2D eigenvalue weighted by atomic mass is 10.1. The molecule has 0 bridgehead atoms. The van der Waals surface area contributed by atoms with Gasteiger partial charge < -0.3 is 9.88 Å². The summed E-state index contributed by atoms with van der Waals surface area (Å²) in [5.74, 6) is 1.88. The van der Waals surface area contributed by atoms with Crippen molar-refractivity contribution in [3.63, 3.8) is 0 Å². The molecule has 122 valence electrons. The van der Waals surface area contributed by atoms with E-state index in [2.05, 4.69) is 15.5 Å². The number of nitrogens with one attached hydrogen (secondary N) is 1. The molecule has 24 heavy (non-hydrogen) atoms. The van der Waals surface area contributed by atoms with Gasteiger partial charge in [0.15, 0.2) is 5.16 Å². The van der Waals surface area contributed by atoms with E-state index in [4.69, 9.17) is 0 Å². The molecule has 0 saturated heterocycles. The van der Waals surface area contributed by atoms with Crippen LogP contribution in [0.2, 0.25) is 0 Å². The molecule has 0 unspecified atom stereocenters. The first-order chi connectivity index (χ1) is 11.7. The number of benzene rings is 2. The molecule has 1 heterocycles. The van der Waals surface area contributed by atoms with Crippen molar-refractivity contribution in [1.29, 1.82) is 0 Å². The van der Waals surface area contributed by atoms with Crippen molar-refractivity contribution in [2.75, 3.05) is 11.1 Å². The van der Waals surface area contributed by atoms with Crippen LogP contribution in [-0.2, 0) is 11.8 Å². The molecule has 0 radical (unpaired) electrons. The summed E-state index contributed by atoms with van der Waals surface area (Å²) in [6.45, 7) is 0. The van der Waals surface area contributed by atoms with Gasteiger partial charge in [-0.15, -0.1) is 10.2 Å². The molecule has 1 aromatic heterocycles. The van der Waals surface area contributed by atoms with Gasteiger partial charge in [-0.2, -0.15) is 0 Å². The second kappa shape index (κ2) is 6.28. The van der Waals surface area contributed by atoms with E-state index < -0.39 is 0 Å². The predicted molar refractivity (Wildman–Crippen MR) is 96.3 cm³/mol. The Morgan fingerprint density at radius 3 is 2.83 bits per heavy atom. The molecular weight excluding hydrogens is 320 g/mol. The highest BCUT2D eigenvalue weighted by Crippen LogP contribution is 2.39. The van der Waals surface area contributed by atoms with Crippen LogP contribution in [0.4, 0.5) is 5.69 Å². The second-order valence-electron chi connectivity index (χ2n) is 6.04. The molecule has 0 spiro atoms. The van der Waals surface area contributed by atoms with Crippen LogP contribution in [0.15, 0.2) is 47.6 Å². The molecule has 1 saturated carbocycles. The van der Waals surface area contributed by atoms with Gasteiger partial charge in [-0.1, -0.05) is 48.2 Å². The van der Waals surface area contributed by atoms with E-state index >= 15 is 0 Å². The maximum atomic E-state index is 12.3. The van der Waals surface area contributed by atoms with Crippen molar-refractivity contribution in [3.05, 3.63) is 48.3 Å². The summed E-state index contributed by atoms with van der Waals surface area (Å²) in [7, 11) is 1.97. The summed E-state index contributed by atoms with van der Waals surface area (Å²) in [4.78, 5) is 12.3. The minimum atomic E-state index is -0.0349. The van der Waals surface area contributed by atoms with Gasteiger partial charge in [0.05, 0.1) is 5.75 Å². The summed E-state index contributed by atoms with van der Waals surface area (Å²) in [5.41, 5.74) is 0.843. The second-order valence-corrected chi connectivity index (χ2v) is 6.98. The first-order valence-corrected chi connectivity index (χ1v) is 9.00. The van der Waals surface area contributed by atoms with Crippen LogP contribution >= 0.6 is 11.8 Å². The zero-order valence-corrected chi connectivity index (χ0v) is 14.2. The number of rotatable bonds is 5. The van der Waals surface area contributed by atoms with Crippen LogP contribution in [0.25, 0.3) is 10.8 Å². The maximum absolute atomic E-state index is 12.3. The summed E-state index contributed by atoms with van der Waals surface area (Å²) < 4.78 is 2.01. The average Bonchev–Trinajstić information content (AvgIpc) is 3.37.